The summed E-state index contributed by atoms with van der Waals surface area (Å²) in [5.41, 5.74) is 10.9. The Bertz CT molecular complexity index is 375. The highest BCUT2D eigenvalue weighted by Crippen LogP contribution is 2.28. The molecule has 0 bridgehead atoms. The zero-order valence-electron chi connectivity index (χ0n) is 13.0. The van der Waals surface area contributed by atoms with Crippen LogP contribution in [0.4, 0.5) is 0 Å². The Hall–Kier alpha value is -0.850. The molecule has 1 aliphatic heterocycles. The normalized spacial score (nSPS) is 27.0. The van der Waals surface area contributed by atoms with Gasteiger partial charge in [0, 0.05) is 19.0 Å². The Kier molecular flexibility index (Phi) is 8.14. The molecule has 128 valence electrons. The molecule has 0 spiro atoms. The first-order chi connectivity index (χ1) is 10.1. The van der Waals surface area contributed by atoms with Crippen molar-refractivity contribution in [3.8, 4) is 0 Å². The van der Waals surface area contributed by atoms with Gasteiger partial charge < -0.3 is 21.5 Å². The predicted octanol–water partition coefficient (Wildman–Crippen LogP) is 0.855. The Morgan fingerprint density at radius 1 is 1.14 bits per heavy atom. The van der Waals surface area contributed by atoms with Gasteiger partial charge in [0.2, 0.25) is 11.8 Å². The summed E-state index contributed by atoms with van der Waals surface area (Å²) in [5, 5.41) is 3.00. The predicted molar refractivity (Wildman–Crippen MR) is 86.5 cm³/mol. The molecule has 2 fully saturated rings. The Morgan fingerprint density at radius 3 is 2.36 bits per heavy atom. The van der Waals surface area contributed by atoms with Gasteiger partial charge in [0.25, 0.3) is 0 Å². The van der Waals surface area contributed by atoms with Crippen LogP contribution < -0.4 is 16.8 Å². The monoisotopic (exact) mass is 333 g/mol. The number of rotatable bonds is 6. The van der Waals surface area contributed by atoms with Crippen LogP contribution in [-0.4, -0.2) is 36.6 Å². The molecule has 22 heavy (non-hydrogen) atoms. The lowest BCUT2D eigenvalue weighted by atomic mass is 9.82. The largest absolute Gasteiger partial charge is 0.370 e. The first kappa shape index (κ1) is 19.2. The number of carbonyl (C=O) groups excluding carboxylic acids is 2. The number of halogens is 1. The van der Waals surface area contributed by atoms with Gasteiger partial charge in [0.1, 0.15) is 6.10 Å². The van der Waals surface area contributed by atoms with Crippen LogP contribution in [0.1, 0.15) is 51.4 Å². The molecule has 1 unspecified atom stereocenters. The quantitative estimate of drug-likeness (QED) is 0.669. The summed E-state index contributed by atoms with van der Waals surface area (Å²) in [4.78, 5) is 23.6. The van der Waals surface area contributed by atoms with Crippen molar-refractivity contribution in [3.63, 3.8) is 0 Å². The van der Waals surface area contributed by atoms with E-state index in [0.717, 1.165) is 32.1 Å². The number of nitrogens with two attached hydrogens (primary N) is 2. The fourth-order valence-electron chi connectivity index (χ4n) is 3.44. The lowest BCUT2D eigenvalue weighted by Crippen LogP contribution is -2.47. The van der Waals surface area contributed by atoms with Crippen molar-refractivity contribution in [2.45, 2.75) is 69.6 Å². The second kappa shape index (κ2) is 9.33. The number of ether oxygens (including phenoxy) is 1. The minimum absolute atomic E-state index is 0. The van der Waals surface area contributed by atoms with Gasteiger partial charge in [-0.25, -0.2) is 0 Å². The standard InChI is InChI=1S/C15H27N3O3.ClH/c16-9-11-6-7-13(21-11)15(20)18-12(8-14(17)19)10-4-2-1-3-5-10;/h10-13H,1-9,16H2,(H2,17,19)(H,18,20);1H/t11-,12?,13+;/m1./s1. The average molecular weight is 334 g/mol. The minimum atomic E-state index is -0.433. The summed E-state index contributed by atoms with van der Waals surface area (Å²) in [6.45, 7) is 0.442. The molecule has 7 heteroatoms. The zero-order valence-corrected chi connectivity index (χ0v) is 13.8. The number of nitrogens with one attached hydrogen (secondary N) is 1. The van der Waals surface area contributed by atoms with Crippen LogP contribution in [0.3, 0.4) is 0 Å². The molecular formula is C15H28ClN3O3. The summed E-state index contributed by atoms with van der Waals surface area (Å²) >= 11 is 0. The van der Waals surface area contributed by atoms with Crippen LogP contribution in [0.2, 0.25) is 0 Å². The molecule has 5 N–H and O–H groups in total. The van der Waals surface area contributed by atoms with Crippen molar-refractivity contribution in [2.75, 3.05) is 6.54 Å². The van der Waals surface area contributed by atoms with Crippen molar-refractivity contribution < 1.29 is 14.3 Å². The molecular weight excluding hydrogens is 306 g/mol. The SMILES string of the molecule is Cl.NC[C@H]1CC[C@@H](C(=O)NC(CC(N)=O)C2CCCCC2)O1. The maximum absolute atomic E-state index is 12.3. The molecule has 0 aromatic rings. The number of amides is 2. The van der Waals surface area contributed by atoms with Gasteiger partial charge in [-0.2, -0.15) is 0 Å². The summed E-state index contributed by atoms with van der Waals surface area (Å²) < 4.78 is 5.61. The molecule has 2 aliphatic rings. The second-order valence-electron chi connectivity index (χ2n) is 6.24. The molecule has 2 amide bonds. The highest BCUT2D eigenvalue weighted by atomic mass is 35.5. The first-order valence-corrected chi connectivity index (χ1v) is 8.04. The molecule has 0 radical (unpaired) electrons. The van der Waals surface area contributed by atoms with Crippen molar-refractivity contribution in [2.24, 2.45) is 17.4 Å². The molecule has 6 nitrogen and oxygen atoms in total. The molecule has 2 rings (SSSR count). The number of hydrogen-bond donors (Lipinski definition) is 3. The third-order valence-electron chi connectivity index (χ3n) is 4.63. The summed E-state index contributed by atoms with van der Waals surface area (Å²) in [5.74, 6) is -0.136. The van der Waals surface area contributed by atoms with Crippen LogP contribution in [0.5, 0.6) is 0 Å². The van der Waals surface area contributed by atoms with E-state index in [4.69, 9.17) is 16.2 Å². The van der Waals surface area contributed by atoms with E-state index < -0.39 is 6.10 Å². The average Bonchev–Trinajstić information content (AvgIpc) is 2.96. The van der Waals surface area contributed by atoms with Gasteiger partial charge in [0.05, 0.1) is 6.10 Å². The van der Waals surface area contributed by atoms with Gasteiger partial charge in [-0.1, -0.05) is 19.3 Å². The van der Waals surface area contributed by atoms with E-state index in [-0.39, 0.29) is 42.8 Å². The van der Waals surface area contributed by atoms with E-state index in [2.05, 4.69) is 5.32 Å². The smallest absolute Gasteiger partial charge is 0.249 e. The maximum Gasteiger partial charge on any atom is 0.249 e. The lowest BCUT2D eigenvalue weighted by molar-refractivity contribution is -0.133. The van der Waals surface area contributed by atoms with Crippen molar-refractivity contribution in [1.82, 2.24) is 5.32 Å². The van der Waals surface area contributed by atoms with Gasteiger partial charge >= 0.3 is 0 Å². The van der Waals surface area contributed by atoms with E-state index in [1.165, 1.54) is 6.42 Å². The number of hydrogen-bond acceptors (Lipinski definition) is 4. The topological polar surface area (TPSA) is 107 Å². The Labute approximate surface area is 138 Å². The molecule has 3 atom stereocenters. The summed E-state index contributed by atoms with van der Waals surface area (Å²) in [7, 11) is 0. The van der Waals surface area contributed by atoms with Crippen LogP contribution >= 0.6 is 12.4 Å². The minimum Gasteiger partial charge on any atom is -0.370 e. The second-order valence-corrected chi connectivity index (χ2v) is 6.24. The van der Waals surface area contributed by atoms with Crippen molar-refractivity contribution in [1.29, 1.82) is 0 Å². The fraction of sp³-hybridized carbons (Fsp3) is 0.867. The third-order valence-corrected chi connectivity index (χ3v) is 4.63. The van der Waals surface area contributed by atoms with Crippen LogP contribution in [0.15, 0.2) is 0 Å². The van der Waals surface area contributed by atoms with Crippen LogP contribution in [-0.2, 0) is 14.3 Å². The van der Waals surface area contributed by atoms with E-state index in [9.17, 15) is 9.59 Å². The van der Waals surface area contributed by atoms with E-state index in [1.54, 1.807) is 0 Å². The Morgan fingerprint density at radius 2 is 1.82 bits per heavy atom. The summed E-state index contributed by atoms with van der Waals surface area (Å²) in [6, 6.07) is -0.157. The lowest BCUT2D eigenvalue weighted by Gasteiger charge is -2.31. The van der Waals surface area contributed by atoms with Crippen molar-refractivity contribution in [3.05, 3.63) is 0 Å². The maximum atomic E-state index is 12.3. The fourth-order valence-corrected chi connectivity index (χ4v) is 3.44. The molecule has 1 heterocycles. The highest BCUT2D eigenvalue weighted by molar-refractivity contribution is 5.85. The Balaban J connectivity index is 0.00000242. The van der Waals surface area contributed by atoms with Gasteiger partial charge in [-0.15, -0.1) is 12.4 Å². The van der Waals surface area contributed by atoms with Gasteiger partial charge in [-0.05, 0) is 31.6 Å². The molecule has 0 aromatic heterocycles. The van der Waals surface area contributed by atoms with Crippen LogP contribution in [0.25, 0.3) is 0 Å². The van der Waals surface area contributed by atoms with E-state index in [0.29, 0.717) is 18.9 Å². The third kappa shape index (κ3) is 5.41. The summed E-state index contributed by atoms with van der Waals surface area (Å²) in [6.07, 6.45) is 6.92. The van der Waals surface area contributed by atoms with E-state index >= 15 is 0 Å². The molecule has 1 saturated heterocycles. The molecule has 1 aliphatic carbocycles. The number of primary amides is 1. The highest BCUT2D eigenvalue weighted by Gasteiger charge is 2.33. The van der Waals surface area contributed by atoms with Gasteiger partial charge in [0.15, 0.2) is 0 Å². The zero-order chi connectivity index (χ0) is 15.2. The van der Waals surface area contributed by atoms with Crippen molar-refractivity contribution >= 4 is 24.2 Å². The van der Waals surface area contributed by atoms with Gasteiger partial charge in [-0.3, -0.25) is 9.59 Å². The van der Waals surface area contributed by atoms with Crippen LogP contribution in [0, 0.1) is 5.92 Å². The first-order valence-electron chi connectivity index (χ1n) is 8.04. The molecule has 1 saturated carbocycles. The number of carbonyl (C=O) groups is 2. The molecule has 0 aromatic carbocycles. The van der Waals surface area contributed by atoms with E-state index in [1.807, 2.05) is 0 Å².